The highest BCUT2D eigenvalue weighted by Crippen LogP contribution is 2.32. The zero-order valence-electron chi connectivity index (χ0n) is 12.3. The maximum absolute atomic E-state index is 14.2. The molecule has 0 amide bonds. The molecule has 0 saturated heterocycles. The van der Waals surface area contributed by atoms with Crippen LogP contribution in [0.15, 0.2) is 29.1 Å². The zero-order valence-corrected chi connectivity index (χ0v) is 13.8. The molecule has 0 saturated carbocycles. The molecule has 1 aromatic carbocycles. The van der Waals surface area contributed by atoms with Crippen molar-refractivity contribution in [2.24, 2.45) is 7.05 Å². The van der Waals surface area contributed by atoms with Crippen molar-refractivity contribution >= 4 is 34.1 Å². The third kappa shape index (κ3) is 3.07. The molecule has 0 N–H and O–H groups in total. The van der Waals surface area contributed by atoms with Gasteiger partial charge in [0, 0.05) is 17.6 Å². The summed E-state index contributed by atoms with van der Waals surface area (Å²) in [5, 5.41) is -0.303. The van der Waals surface area contributed by atoms with E-state index in [1.807, 2.05) is 0 Å². The average molecular weight is 392 g/mol. The number of alkyl halides is 3. The topological polar surface area (TPSA) is 47.8 Å². The van der Waals surface area contributed by atoms with E-state index in [1.165, 1.54) is 12.1 Å². The van der Waals surface area contributed by atoms with E-state index in [4.69, 9.17) is 23.2 Å². The first-order chi connectivity index (χ1) is 11.6. The van der Waals surface area contributed by atoms with Crippen molar-refractivity contribution in [1.82, 2.24) is 14.5 Å². The second kappa shape index (κ2) is 5.96. The van der Waals surface area contributed by atoms with E-state index in [0.29, 0.717) is 4.57 Å². The fraction of sp³-hybridized carbons (Fsp3) is 0.133. The monoisotopic (exact) mass is 391 g/mol. The Kier molecular flexibility index (Phi) is 4.20. The highest BCUT2D eigenvalue weighted by atomic mass is 35.5. The van der Waals surface area contributed by atoms with Crippen molar-refractivity contribution in [1.29, 1.82) is 0 Å². The fourth-order valence-electron chi connectivity index (χ4n) is 2.36. The van der Waals surface area contributed by atoms with Crippen LogP contribution in [0.1, 0.15) is 5.82 Å². The summed E-state index contributed by atoms with van der Waals surface area (Å²) in [6.07, 6.45) is -4.88. The summed E-state index contributed by atoms with van der Waals surface area (Å²) in [4.78, 5) is 19.7. The van der Waals surface area contributed by atoms with Crippen LogP contribution in [0.4, 0.5) is 17.6 Å². The number of halogens is 6. The van der Waals surface area contributed by atoms with Crippen LogP contribution < -0.4 is 5.56 Å². The molecule has 0 radical (unpaired) electrons. The highest BCUT2D eigenvalue weighted by molar-refractivity contribution is 6.31. The molecular weight excluding hydrogens is 385 g/mol. The molecule has 2 aromatic heterocycles. The van der Waals surface area contributed by atoms with Crippen molar-refractivity contribution in [3.8, 4) is 11.3 Å². The van der Waals surface area contributed by atoms with Crippen LogP contribution in [0, 0.1) is 5.82 Å². The molecule has 25 heavy (non-hydrogen) atoms. The number of pyridine rings is 1. The van der Waals surface area contributed by atoms with Crippen molar-refractivity contribution in [3.05, 3.63) is 56.4 Å². The Morgan fingerprint density at radius 1 is 1.12 bits per heavy atom. The number of nitrogens with zero attached hydrogens (tertiary/aromatic N) is 3. The number of rotatable bonds is 1. The Morgan fingerprint density at radius 3 is 2.40 bits per heavy atom. The predicted octanol–water partition coefficient (Wildman–Crippen LogP) is 4.46. The molecule has 4 nitrogen and oxygen atoms in total. The van der Waals surface area contributed by atoms with Crippen LogP contribution in [0.5, 0.6) is 0 Å². The third-order valence-electron chi connectivity index (χ3n) is 3.47. The summed E-state index contributed by atoms with van der Waals surface area (Å²) in [5.41, 5.74) is -1.83. The van der Waals surface area contributed by atoms with E-state index in [0.717, 1.165) is 19.2 Å². The van der Waals surface area contributed by atoms with Gasteiger partial charge in [-0.1, -0.05) is 23.2 Å². The van der Waals surface area contributed by atoms with E-state index < -0.39 is 28.9 Å². The molecular formula is C15H7Cl2F4N3O. The van der Waals surface area contributed by atoms with E-state index in [2.05, 4.69) is 9.97 Å². The molecule has 0 atom stereocenters. The van der Waals surface area contributed by atoms with Gasteiger partial charge in [0.15, 0.2) is 0 Å². The molecule has 0 spiro atoms. The van der Waals surface area contributed by atoms with E-state index in [9.17, 15) is 22.4 Å². The summed E-state index contributed by atoms with van der Waals surface area (Å²) in [5.74, 6) is -2.26. The maximum atomic E-state index is 14.2. The summed E-state index contributed by atoms with van der Waals surface area (Å²) < 4.78 is 54.0. The Bertz CT molecular complexity index is 1060. The average Bonchev–Trinajstić information content (AvgIpc) is 2.49. The van der Waals surface area contributed by atoms with E-state index >= 15 is 0 Å². The molecule has 130 valence electrons. The molecule has 3 aromatic rings. The number of hydrogen-bond donors (Lipinski definition) is 0. The number of fused-ring (bicyclic) bond motifs is 1. The molecule has 3 rings (SSSR count). The minimum absolute atomic E-state index is 0.0902. The molecule has 0 aliphatic rings. The molecule has 0 bridgehead atoms. The molecule has 0 aliphatic heterocycles. The lowest BCUT2D eigenvalue weighted by atomic mass is 10.1. The maximum Gasteiger partial charge on any atom is 0.449 e. The molecule has 10 heteroatoms. The molecule has 0 fully saturated rings. The Labute approximate surface area is 147 Å². The van der Waals surface area contributed by atoms with Gasteiger partial charge in [-0.3, -0.25) is 9.36 Å². The summed E-state index contributed by atoms with van der Waals surface area (Å²) in [7, 11) is 0.939. The lowest BCUT2D eigenvalue weighted by Gasteiger charge is -2.14. The largest absolute Gasteiger partial charge is 0.449 e. The minimum atomic E-state index is -4.88. The summed E-state index contributed by atoms with van der Waals surface area (Å²) in [6.45, 7) is 0. The SMILES string of the molecule is Cn1c(C(F)(F)F)nc2c(-c3ccc(Cl)cc3F)nc(Cl)cc2c1=O. The third-order valence-corrected chi connectivity index (χ3v) is 3.90. The molecule has 2 heterocycles. The van der Waals surface area contributed by atoms with Gasteiger partial charge in [-0.25, -0.2) is 14.4 Å². The van der Waals surface area contributed by atoms with Gasteiger partial charge in [0.25, 0.3) is 5.56 Å². The summed E-state index contributed by atoms with van der Waals surface area (Å²) >= 11 is 11.5. The second-order valence-electron chi connectivity index (χ2n) is 5.11. The van der Waals surface area contributed by atoms with Crippen molar-refractivity contribution < 1.29 is 17.6 Å². The van der Waals surface area contributed by atoms with Crippen LogP contribution in [0.25, 0.3) is 22.2 Å². The van der Waals surface area contributed by atoms with Gasteiger partial charge in [0.2, 0.25) is 5.82 Å². The smallest absolute Gasteiger partial charge is 0.292 e. The Balaban J connectivity index is 2.48. The van der Waals surface area contributed by atoms with Crippen molar-refractivity contribution in [2.45, 2.75) is 6.18 Å². The second-order valence-corrected chi connectivity index (χ2v) is 5.93. The number of hydrogen-bond acceptors (Lipinski definition) is 3. The van der Waals surface area contributed by atoms with Gasteiger partial charge in [-0.2, -0.15) is 13.2 Å². The molecule has 0 aliphatic carbocycles. The van der Waals surface area contributed by atoms with Gasteiger partial charge < -0.3 is 0 Å². The normalized spacial score (nSPS) is 12.0. The van der Waals surface area contributed by atoms with Gasteiger partial charge in [-0.05, 0) is 24.3 Å². The van der Waals surface area contributed by atoms with E-state index in [1.54, 1.807) is 0 Å². The lowest BCUT2D eigenvalue weighted by Crippen LogP contribution is -2.28. The van der Waals surface area contributed by atoms with Crippen LogP contribution in [0.3, 0.4) is 0 Å². The minimum Gasteiger partial charge on any atom is -0.292 e. The zero-order chi connectivity index (χ0) is 18.5. The Hall–Kier alpha value is -2.19. The van der Waals surface area contributed by atoms with Crippen LogP contribution in [0.2, 0.25) is 10.2 Å². The van der Waals surface area contributed by atoms with Gasteiger partial charge in [0.05, 0.1) is 5.39 Å². The standard InChI is InChI=1S/C15H7Cl2F4N3O/c1-24-13(25)8-5-10(17)22-11(7-3-2-6(16)4-9(7)18)12(8)23-14(24)15(19,20)21/h2-5H,1H3. The van der Waals surface area contributed by atoms with Gasteiger partial charge >= 0.3 is 6.18 Å². The van der Waals surface area contributed by atoms with E-state index in [-0.39, 0.29) is 26.8 Å². The fourth-order valence-corrected chi connectivity index (χ4v) is 2.72. The summed E-state index contributed by atoms with van der Waals surface area (Å²) in [6, 6.07) is 4.61. The van der Waals surface area contributed by atoms with Gasteiger partial charge in [-0.15, -0.1) is 0 Å². The van der Waals surface area contributed by atoms with Crippen LogP contribution in [-0.2, 0) is 13.2 Å². The van der Waals surface area contributed by atoms with Crippen molar-refractivity contribution in [2.75, 3.05) is 0 Å². The molecule has 0 unspecified atom stereocenters. The van der Waals surface area contributed by atoms with Crippen molar-refractivity contribution in [3.63, 3.8) is 0 Å². The first kappa shape index (κ1) is 17.6. The van der Waals surface area contributed by atoms with Gasteiger partial charge in [0.1, 0.15) is 22.2 Å². The quantitative estimate of drug-likeness (QED) is 0.454. The van der Waals surface area contributed by atoms with Crippen LogP contribution in [-0.4, -0.2) is 14.5 Å². The highest BCUT2D eigenvalue weighted by Gasteiger charge is 2.37. The first-order valence-electron chi connectivity index (χ1n) is 6.69. The lowest BCUT2D eigenvalue weighted by molar-refractivity contribution is -0.147. The number of aromatic nitrogens is 3. The Morgan fingerprint density at radius 2 is 1.80 bits per heavy atom. The number of benzene rings is 1. The first-order valence-corrected chi connectivity index (χ1v) is 7.45. The predicted molar refractivity (Wildman–Crippen MR) is 85.2 cm³/mol. The van der Waals surface area contributed by atoms with Crippen LogP contribution >= 0.6 is 23.2 Å².